The highest BCUT2D eigenvalue weighted by atomic mass is 79.9. The van der Waals surface area contributed by atoms with Crippen LogP contribution >= 0.6 is 15.9 Å². The first kappa shape index (κ1) is 15.8. The van der Waals surface area contributed by atoms with E-state index in [1.807, 2.05) is 36.4 Å². The molecule has 1 N–H and O–H groups in total. The third-order valence-electron chi connectivity index (χ3n) is 4.57. The van der Waals surface area contributed by atoms with Gasteiger partial charge < -0.3 is 5.32 Å². The topological polar surface area (TPSA) is 52.9 Å². The molecule has 0 aromatic heterocycles. The SMILES string of the molecule is N#Cc1ccc(CNC(=O)C2(c3ccc(Br)cc3)CCC2)cc1. The second-order valence-electron chi connectivity index (χ2n) is 5.93. The maximum absolute atomic E-state index is 12.8. The highest BCUT2D eigenvalue weighted by molar-refractivity contribution is 9.10. The minimum atomic E-state index is -0.382. The lowest BCUT2D eigenvalue weighted by Crippen LogP contribution is -2.48. The molecule has 0 radical (unpaired) electrons. The second-order valence-corrected chi connectivity index (χ2v) is 6.85. The summed E-state index contributed by atoms with van der Waals surface area (Å²) in [6.07, 6.45) is 2.88. The minimum absolute atomic E-state index is 0.0930. The fourth-order valence-corrected chi connectivity index (χ4v) is 3.26. The van der Waals surface area contributed by atoms with Crippen molar-refractivity contribution in [1.29, 1.82) is 5.26 Å². The van der Waals surface area contributed by atoms with Gasteiger partial charge in [-0.1, -0.05) is 46.6 Å². The number of nitriles is 1. The van der Waals surface area contributed by atoms with E-state index in [0.29, 0.717) is 12.1 Å². The van der Waals surface area contributed by atoms with Gasteiger partial charge in [-0.15, -0.1) is 0 Å². The van der Waals surface area contributed by atoms with Gasteiger partial charge in [0.05, 0.1) is 17.0 Å². The van der Waals surface area contributed by atoms with Crippen molar-refractivity contribution in [2.24, 2.45) is 0 Å². The number of carbonyl (C=O) groups excluding carboxylic acids is 1. The van der Waals surface area contributed by atoms with Crippen LogP contribution in [0.2, 0.25) is 0 Å². The van der Waals surface area contributed by atoms with Crippen LogP contribution in [0, 0.1) is 11.3 Å². The zero-order valence-electron chi connectivity index (χ0n) is 12.7. The zero-order chi connectivity index (χ0) is 16.3. The molecule has 0 saturated heterocycles. The predicted octanol–water partition coefficient (Wildman–Crippen LogP) is 4.06. The Balaban J connectivity index is 1.70. The summed E-state index contributed by atoms with van der Waals surface area (Å²) in [5.41, 5.74) is 2.34. The van der Waals surface area contributed by atoms with Gasteiger partial charge in [0.15, 0.2) is 0 Å². The van der Waals surface area contributed by atoms with Gasteiger partial charge >= 0.3 is 0 Å². The molecule has 23 heavy (non-hydrogen) atoms. The summed E-state index contributed by atoms with van der Waals surface area (Å²) in [5, 5.41) is 11.9. The van der Waals surface area contributed by atoms with Gasteiger partial charge in [0.2, 0.25) is 5.91 Å². The molecule has 1 fully saturated rings. The maximum atomic E-state index is 12.8. The summed E-state index contributed by atoms with van der Waals surface area (Å²) in [6, 6.07) is 17.4. The normalized spacial score (nSPS) is 15.3. The van der Waals surface area contributed by atoms with Crippen molar-refractivity contribution in [3.05, 3.63) is 69.7 Å². The molecule has 0 spiro atoms. The van der Waals surface area contributed by atoms with Gasteiger partial charge in [0.1, 0.15) is 0 Å². The Morgan fingerprint density at radius 2 is 1.78 bits per heavy atom. The van der Waals surface area contributed by atoms with E-state index in [-0.39, 0.29) is 11.3 Å². The molecule has 1 aliphatic carbocycles. The highest BCUT2D eigenvalue weighted by Gasteiger charge is 2.45. The number of nitrogens with one attached hydrogen (secondary N) is 1. The van der Waals surface area contributed by atoms with Gasteiger partial charge in [0.25, 0.3) is 0 Å². The number of benzene rings is 2. The van der Waals surface area contributed by atoms with Crippen LogP contribution in [-0.2, 0) is 16.8 Å². The monoisotopic (exact) mass is 368 g/mol. The largest absolute Gasteiger partial charge is 0.351 e. The van der Waals surface area contributed by atoms with Crippen LogP contribution in [0.4, 0.5) is 0 Å². The third-order valence-corrected chi connectivity index (χ3v) is 5.10. The van der Waals surface area contributed by atoms with Crippen molar-refractivity contribution in [3.8, 4) is 6.07 Å². The standard InChI is InChI=1S/C19H17BrN2O/c20-17-8-6-16(7-9-17)19(10-1-11-19)18(23)22-13-15-4-2-14(12-21)3-5-15/h2-9H,1,10-11,13H2,(H,22,23). The Morgan fingerprint density at radius 3 is 2.30 bits per heavy atom. The van der Waals surface area contributed by atoms with Crippen LogP contribution in [0.25, 0.3) is 0 Å². The summed E-state index contributed by atoms with van der Waals surface area (Å²) in [7, 11) is 0. The molecule has 2 aromatic carbocycles. The molecule has 116 valence electrons. The number of carbonyl (C=O) groups is 1. The van der Waals surface area contributed by atoms with E-state index in [2.05, 4.69) is 27.3 Å². The predicted molar refractivity (Wildman–Crippen MR) is 92.7 cm³/mol. The van der Waals surface area contributed by atoms with E-state index in [1.165, 1.54) is 0 Å². The molecule has 0 atom stereocenters. The van der Waals surface area contributed by atoms with Crippen molar-refractivity contribution in [3.63, 3.8) is 0 Å². The molecule has 3 nitrogen and oxygen atoms in total. The van der Waals surface area contributed by atoms with Crippen LogP contribution in [0.3, 0.4) is 0 Å². The Labute approximate surface area is 144 Å². The number of hydrogen-bond donors (Lipinski definition) is 1. The molecule has 1 saturated carbocycles. The van der Waals surface area contributed by atoms with Crippen molar-refractivity contribution in [2.45, 2.75) is 31.2 Å². The van der Waals surface area contributed by atoms with Crippen LogP contribution in [0.1, 0.15) is 36.0 Å². The fraction of sp³-hybridized carbons (Fsp3) is 0.263. The average Bonchev–Trinajstić information content (AvgIpc) is 2.54. The lowest BCUT2D eigenvalue weighted by Gasteiger charge is -2.40. The summed E-state index contributed by atoms with van der Waals surface area (Å²) < 4.78 is 1.02. The average molecular weight is 369 g/mol. The molecule has 1 aliphatic rings. The van der Waals surface area contributed by atoms with Crippen molar-refractivity contribution >= 4 is 21.8 Å². The van der Waals surface area contributed by atoms with Crippen LogP contribution < -0.4 is 5.32 Å². The summed E-state index contributed by atoms with van der Waals surface area (Å²) in [5.74, 6) is 0.0930. The summed E-state index contributed by atoms with van der Waals surface area (Å²) in [4.78, 5) is 12.8. The Morgan fingerprint density at radius 1 is 1.13 bits per heavy atom. The lowest BCUT2D eigenvalue weighted by molar-refractivity contribution is -0.130. The van der Waals surface area contributed by atoms with Gasteiger partial charge in [-0.2, -0.15) is 5.26 Å². The number of nitrogens with zero attached hydrogens (tertiary/aromatic N) is 1. The first-order valence-corrected chi connectivity index (χ1v) is 8.47. The molecular formula is C19H17BrN2O. The molecule has 4 heteroatoms. The first-order valence-electron chi connectivity index (χ1n) is 7.67. The Kier molecular flexibility index (Phi) is 4.49. The van der Waals surface area contributed by atoms with Gasteiger partial charge in [-0.3, -0.25) is 4.79 Å². The van der Waals surface area contributed by atoms with E-state index in [1.54, 1.807) is 12.1 Å². The molecule has 2 aromatic rings. The zero-order valence-corrected chi connectivity index (χ0v) is 14.3. The molecule has 1 amide bonds. The fourth-order valence-electron chi connectivity index (χ4n) is 2.99. The van der Waals surface area contributed by atoms with Gasteiger partial charge in [-0.25, -0.2) is 0 Å². The van der Waals surface area contributed by atoms with Crippen molar-refractivity contribution < 1.29 is 4.79 Å². The van der Waals surface area contributed by atoms with Gasteiger partial charge in [-0.05, 0) is 48.2 Å². The van der Waals surface area contributed by atoms with E-state index in [4.69, 9.17) is 5.26 Å². The van der Waals surface area contributed by atoms with Crippen LogP contribution in [-0.4, -0.2) is 5.91 Å². The minimum Gasteiger partial charge on any atom is -0.351 e. The van der Waals surface area contributed by atoms with E-state index in [9.17, 15) is 4.79 Å². The smallest absolute Gasteiger partial charge is 0.230 e. The number of rotatable bonds is 4. The number of halogens is 1. The van der Waals surface area contributed by atoms with Crippen LogP contribution in [0.15, 0.2) is 53.0 Å². The third kappa shape index (κ3) is 3.16. The molecule has 0 bridgehead atoms. The molecule has 0 unspecified atom stereocenters. The maximum Gasteiger partial charge on any atom is 0.230 e. The van der Waals surface area contributed by atoms with E-state index >= 15 is 0 Å². The lowest BCUT2D eigenvalue weighted by atomic mass is 9.64. The summed E-state index contributed by atoms with van der Waals surface area (Å²) in [6.45, 7) is 0.489. The molecule has 0 heterocycles. The summed E-state index contributed by atoms with van der Waals surface area (Å²) >= 11 is 3.44. The number of amides is 1. The Hall–Kier alpha value is -2.12. The number of hydrogen-bond acceptors (Lipinski definition) is 2. The van der Waals surface area contributed by atoms with Crippen molar-refractivity contribution in [1.82, 2.24) is 5.32 Å². The van der Waals surface area contributed by atoms with Crippen LogP contribution in [0.5, 0.6) is 0 Å². The van der Waals surface area contributed by atoms with E-state index in [0.717, 1.165) is 34.9 Å². The van der Waals surface area contributed by atoms with Gasteiger partial charge in [0, 0.05) is 11.0 Å². The quantitative estimate of drug-likeness (QED) is 0.884. The highest BCUT2D eigenvalue weighted by Crippen LogP contribution is 2.44. The molecular weight excluding hydrogens is 352 g/mol. The molecule has 0 aliphatic heterocycles. The van der Waals surface area contributed by atoms with E-state index < -0.39 is 0 Å². The first-order chi connectivity index (χ1) is 11.1. The second kappa shape index (κ2) is 6.55. The molecule has 3 rings (SSSR count). The van der Waals surface area contributed by atoms with Crippen molar-refractivity contribution in [2.75, 3.05) is 0 Å². The Bertz CT molecular complexity index is 740.